The Morgan fingerprint density at radius 1 is 1.59 bits per heavy atom. The number of esters is 1. The first-order valence-electron chi connectivity index (χ1n) is 5.64. The van der Waals surface area contributed by atoms with Crippen molar-refractivity contribution in [1.29, 1.82) is 0 Å². The number of nitrogens with zero attached hydrogens (tertiary/aromatic N) is 1. The van der Waals surface area contributed by atoms with Crippen molar-refractivity contribution in [3.63, 3.8) is 0 Å². The van der Waals surface area contributed by atoms with E-state index in [0.717, 1.165) is 5.69 Å². The maximum Gasteiger partial charge on any atom is 0.334 e. The van der Waals surface area contributed by atoms with Crippen molar-refractivity contribution in [3.8, 4) is 0 Å². The van der Waals surface area contributed by atoms with Crippen LogP contribution in [-0.2, 0) is 9.53 Å². The van der Waals surface area contributed by atoms with Crippen LogP contribution in [0.2, 0.25) is 0 Å². The molecule has 4 heteroatoms. The predicted molar refractivity (Wildman–Crippen MR) is 66.4 cm³/mol. The van der Waals surface area contributed by atoms with Gasteiger partial charge in [0.05, 0.1) is 12.3 Å². The van der Waals surface area contributed by atoms with Crippen molar-refractivity contribution in [2.45, 2.75) is 19.9 Å². The summed E-state index contributed by atoms with van der Waals surface area (Å²) in [7, 11) is 0. The third kappa shape index (κ3) is 4.36. The second-order valence-electron chi connectivity index (χ2n) is 3.68. The highest BCUT2D eigenvalue weighted by Crippen LogP contribution is 2.08. The molecule has 0 spiro atoms. The monoisotopic (exact) mass is 234 g/mol. The number of nitrogens with one attached hydrogen (secondary N) is 1. The standard InChI is InChI=1S/C13H18N2O2/c1-4-17-13(16)10(2)9-15-11(3)12-7-5-6-8-14-12/h5-8,11,15H,2,4,9H2,1,3H3. The molecule has 1 N–H and O–H groups in total. The molecule has 4 nitrogen and oxygen atoms in total. The lowest BCUT2D eigenvalue weighted by Gasteiger charge is -2.13. The lowest BCUT2D eigenvalue weighted by molar-refractivity contribution is -0.138. The normalized spacial score (nSPS) is 11.9. The van der Waals surface area contributed by atoms with Crippen molar-refractivity contribution < 1.29 is 9.53 Å². The van der Waals surface area contributed by atoms with Gasteiger partial charge in [-0.05, 0) is 26.0 Å². The minimum Gasteiger partial charge on any atom is -0.463 e. The van der Waals surface area contributed by atoms with Gasteiger partial charge in [0.2, 0.25) is 0 Å². The molecule has 0 fully saturated rings. The van der Waals surface area contributed by atoms with Crippen LogP contribution >= 0.6 is 0 Å². The van der Waals surface area contributed by atoms with Crippen LogP contribution in [0.5, 0.6) is 0 Å². The molecular formula is C13H18N2O2. The Hall–Kier alpha value is -1.68. The number of aromatic nitrogens is 1. The fourth-order valence-electron chi connectivity index (χ4n) is 1.32. The van der Waals surface area contributed by atoms with E-state index in [0.29, 0.717) is 18.7 Å². The number of carbonyl (C=O) groups is 1. The molecule has 0 aromatic carbocycles. The van der Waals surface area contributed by atoms with Crippen LogP contribution in [0, 0.1) is 0 Å². The van der Waals surface area contributed by atoms with Gasteiger partial charge < -0.3 is 10.1 Å². The van der Waals surface area contributed by atoms with Crippen LogP contribution in [0.4, 0.5) is 0 Å². The lowest BCUT2D eigenvalue weighted by atomic mass is 10.2. The van der Waals surface area contributed by atoms with Crippen molar-refractivity contribution in [2.24, 2.45) is 0 Å². The van der Waals surface area contributed by atoms with E-state index in [-0.39, 0.29) is 12.0 Å². The van der Waals surface area contributed by atoms with E-state index in [1.807, 2.05) is 25.1 Å². The Morgan fingerprint density at radius 3 is 2.94 bits per heavy atom. The maximum absolute atomic E-state index is 11.3. The lowest BCUT2D eigenvalue weighted by Crippen LogP contribution is -2.25. The largest absolute Gasteiger partial charge is 0.463 e. The van der Waals surface area contributed by atoms with Crippen LogP contribution in [0.25, 0.3) is 0 Å². The number of ether oxygens (including phenoxy) is 1. The molecule has 1 heterocycles. The second-order valence-corrected chi connectivity index (χ2v) is 3.68. The van der Waals surface area contributed by atoms with Crippen molar-refractivity contribution >= 4 is 5.97 Å². The molecule has 1 rings (SSSR count). The Labute approximate surface area is 102 Å². The zero-order valence-corrected chi connectivity index (χ0v) is 10.3. The quantitative estimate of drug-likeness (QED) is 0.603. The average Bonchev–Trinajstić information content (AvgIpc) is 2.36. The highest BCUT2D eigenvalue weighted by Gasteiger charge is 2.10. The molecule has 0 aliphatic rings. The number of hydrogen-bond donors (Lipinski definition) is 1. The molecule has 92 valence electrons. The Kier molecular flexibility index (Phi) is 5.36. The minimum absolute atomic E-state index is 0.0716. The van der Waals surface area contributed by atoms with Crippen molar-refractivity contribution in [1.82, 2.24) is 10.3 Å². The Bertz CT molecular complexity index is 376. The summed E-state index contributed by atoms with van der Waals surface area (Å²) < 4.78 is 4.85. The molecule has 0 saturated heterocycles. The number of hydrogen-bond acceptors (Lipinski definition) is 4. The molecule has 1 aromatic heterocycles. The van der Waals surface area contributed by atoms with E-state index in [1.54, 1.807) is 13.1 Å². The van der Waals surface area contributed by atoms with Crippen LogP contribution in [0.15, 0.2) is 36.5 Å². The SMILES string of the molecule is C=C(CNC(C)c1ccccn1)C(=O)OCC. The van der Waals surface area contributed by atoms with Gasteiger partial charge in [0.25, 0.3) is 0 Å². The van der Waals surface area contributed by atoms with E-state index >= 15 is 0 Å². The average molecular weight is 234 g/mol. The van der Waals surface area contributed by atoms with E-state index < -0.39 is 0 Å². The number of rotatable bonds is 6. The number of carbonyl (C=O) groups excluding carboxylic acids is 1. The topological polar surface area (TPSA) is 51.2 Å². The van der Waals surface area contributed by atoms with E-state index in [9.17, 15) is 4.79 Å². The van der Waals surface area contributed by atoms with Gasteiger partial charge in [-0.3, -0.25) is 4.98 Å². The summed E-state index contributed by atoms with van der Waals surface area (Å²) in [4.78, 5) is 15.5. The summed E-state index contributed by atoms with van der Waals surface area (Å²) in [5, 5.41) is 3.18. The van der Waals surface area contributed by atoms with Gasteiger partial charge in [0, 0.05) is 24.4 Å². The first kappa shape index (κ1) is 13.4. The van der Waals surface area contributed by atoms with Crippen LogP contribution in [0.1, 0.15) is 25.6 Å². The van der Waals surface area contributed by atoms with Gasteiger partial charge in [0.1, 0.15) is 0 Å². The van der Waals surface area contributed by atoms with Crippen molar-refractivity contribution in [3.05, 3.63) is 42.2 Å². The zero-order chi connectivity index (χ0) is 12.7. The maximum atomic E-state index is 11.3. The van der Waals surface area contributed by atoms with Crippen LogP contribution < -0.4 is 5.32 Å². The third-order valence-corrected chi connectivity index (χ3v) is 2.32. The van der Waals surface area contributed by atoms with Gasteiger partial charge in [-0.2, -0.15) is 0 Å². The van der Waals surface area contributed by atoms with Gasteiger partial charge >= 0.3 is 5.97 Å². The molecule has 1 unspecified atom stereocenters. The van der Waals surface area contributed by atoms with Gasteiger partial charge in [-0.25, -0.2) is 4.79 Å². The second kappa shape index (κ2) is 6.81. The summed E-state index contributed by atoms with van der Waals surface area (Å²) in [6.45, 7) is 8.21. The Balaban J connectivity index is 2.41. The molecule has 0 aliphatic carbocycles. The van der Waals surface area contributed by atoms with Gasteiger partial charge in [-0.1, -0.05) is 12.6 Å². The molecular weight excluding hydrogens is 216 g/mol. The molecule has 0 saturated carbocycles. The Morgan fingerprint density at radius 2 is 2.35 bits per heavy atom. The van der Waals surface area contributed by atoms with E-state index in [1.165, 1.54) is 0 Å². The summed E-state index contributed by atoms with van der Waals surface area (Å²) in [6, 6.07) is 5.81. The van der Waals surface area contributed by atoms with Gasteiger partial charge in [-0.15, -0.1) is 0 Å². The molecule has 1 atom stereocenters. The first-order valence-corrected chi connectivity index (χ1v) is 5.64. The highest BCUT2D eigenvalue weighted by molar-refractivity contribution is 5.88. The summed E-state index contributed by atoms with van der Waals surface area (Å²) in [5.41, 5.74) is 1.36. The predicted octanol–water partition coefficient (Wildman–Crippen LogP) is 1.85. The summed E-state index contributed by atoms with van der Waals surface area (Å²) in [5.74, 6) is -0.353. The molecule has 0 radical (unpaired) electrons. The molecule has 17 heavy (non-hydrogen) atoms. The first-order chi connectivity index (χ1) is 8.15. The van der Waals surface area contributed by atoms with Crippen molar-refractivity contribution in [2.75, 3.05) is 13.2 Å². The fourth-order valence-corrected chi connectivity index (χ4v) is 1.32. The molecule has 0 bridgehead atoms. The zero-order valence-electron chi connectivity index (χ0n) is 10.3. The summed E-state index contributed by atoms with van der Waals surface area (Å²) >= 11 is 0. The minimum atomic E-state index is -0.353. The van der Waals surface area contributed by atoms with Gasteiger partial charge in [0.15, 0.2) is 0 Å². The van der Waals surface area contributed by atoms with E-state index in [4.69, 9.17) is 4.74 Å². The smallest absolute Gasteiger partial charge is 0.334 e. The molecule has 1 aromatic rings. The van der Waals surface area contributed by atoms with Crippen LogP contribution in [-0.4, -0.2) is 24.1 Å². The molecule has 0 aliphatic heterocycles. The van der Waals surface area contributed by atoms with E-state index in [2.05, 4.69) is 16.9 Å². The summed E-state index contributed by atoms with van der Waals surface area (Å²) in [6.07, 6.45) is 1.74. The van der Waals surface area contributed by atoms with Crippen LogP contribution in [0.3, 0.4) is 0 Å². The molecule has 0 amide bonds. The third-order valence-electron chi connectivity index (χ3n) is 2.32. The highest BCUT2D eigenvalue weighted by atomic mass is 16.5. The number of pyridine rings is 1. The fraction of sp³-hybridized carbons (Fsp3) is 0.385.